The molecule has 0 bridgehead atoms. The Kier molecular flexibility index (Phi) is 3.39. The Morgan fingerprint density at radius 3 is 2.80 bits per heavy atom. The van der Waals surface area contributed by atoms with Crippen LogP contribution in [0.1, 0.15) is 25.3 Å². The molecule has 0 spiro atoms. The fraction of sp³-hybridized carbons (Fsp3) is 0.538. The topological polar surface area (TPSA) is 23.5 Å². The molecule has 1 N–H and O–H groups in total. The molecular weight excluding hydrogens is 186 g/mol. The fourth-order valence-corrected chi connectivity index (χ4v) is 2.23. The molecule has 82 valence electrons. The van der Waals surface area contributed by atoms with Crippen molar-refractivity contribution in [3.05, 3.63) is 35.9 Å². The first-order chi connectivity index (χ1) is 7.27. The van der Waals surface area contributed by atoms with Crippen LogP contribution in [0.5, 0.6) is 0 Å². The van der Waals surface area contributed by atoms with E-state index in [1.807, 2.05) is 6.07 Å². The Hall–Kier alpha value is -0.860. The molecule has 0 radical (unpaired) electrons. The largest absolute Gasteiger partial charge is 0.392 e. The summed E-state index contributed by atoms with van der Waals surface area (Å²) in [6.07, 6.45) is 1.91. The summed E-state index contributed by atoms with van der Waals surface area (Å²) < 4.78 is 0. The van der Waals surface area contributed by atoms with E-state index in [0.29, 0.717) is 6.04 Å². The highest BCUT2D eigenvalue weighted by Gasteiger charge is 2.25. The highest BCUT2D eigenvalue weighted by Crippen LogP contribution is 2.19. The molecular formula is C13H19NO. The molecule has 15 heavy (non-hydrogen) atoms. The van der Waals surface area contributed by atoms with Gasteiger partial charge in [-0.15, -0.1) is 0 Å². The summed E-state index contributed by atoms with van der Waals surface area (Å²) in [5, 5.41) is 9.78. The second kappa shape index (κ2) is 4.77. The summed E-state index contributed by atoms with van der Waals surface area (Å²) in [7, 11) is 0. The summed E-state index contributed by atoms with van der Waals surface area (Å²) in [6, 6.07) is 10.8. The number of rotatable bonds is 2. The van der Waals surface area contributed by atoms with Crippen LogP contribution < -0.4 is 0 Å². The second-order valence-corrected chi connectivity index (χ2v) is 4.41. The minimum Gasteiger partial charge on any atom is -0.392 e. The van der Waals surface area contributed by atoms with Crippen molar-refractivity contribution in [2.45, 2.75) is 38.5 Å². The van der Waals surface area contributed by atoms with Gasteiger partial charge in [-0.1, -0.05) is 30.3 Å². The van der Waals surface area contributed by atoms with Gasteiger partial charge in [-0.25, -0.2) is 0 Å². The summed E-state index contributed by atoms with van der Waals surface area (Å²) in [5.74, 6) is 0. The van der Waals surface area contributed by atoms with Crippen LogP contribution in [0.3, 0.4) is 0 Å². The van der Waals surface area contributed by atoms with Crippen LogP contribution >= 0.6 is 0 Å². The van der Waals surface area contributed by atoms with Crippen LogP contribution in [-0.4, -0.2) is 28.7 Å². The van der Waals surface area contributed by atoms with Crippen molar-refractivity contribution in [3.8, 4) is 0 Å². The van der Waals surface area contributed by atoms with Gasteiger partial charge < -0.3 is 5.11 Å². The second-order valence-electron chi connectivity index (χ2n) is 4.41. The van der Waals surface area contributed by atoms with Crippen LogP contribution in [0.25, 0.3) is 0 Å². The van der Waals surface area contributed by atoms with E-state index in [2.05, 4.69) is 36.1 Å². The molecule has 1 aromatic rings. The van der Waals surface area contributed by atoms with Gasteiger partial charge in [-0.2, -0.15) is 0 Å². The molecule has 1 fully saturated rings. The Morgan fingerprint density at radius 2 is 2.07 bits per heavy atom. The zero-order valence-electron chi connectivity index (χ0n) is 9.26. The minimum absolute atomic E-state index is 0.150. The third-order valence-corrected chi connectivity index (χ3v) is 3.31. The van der Waals surface area contributed by atoms with Crippen molar-refractivity contribution in [1.29, 1.82) is 0 Å². The predicted molar refractivity (Wildman–Crippen MR) is 61.6 cm³/mol. The standard InChI is InChI=1S/C13H19NO/c1-11-13(15)8-5-9-14(11)10-12-6-3-2-4-7-12/h2-4,6-7,11,13,15H,5,8-10H2,1H3/t11-,13-/m1/s1. The predicted octanol–water partition coefficient (Wildman–Crippen LogP) is 2.03. The maximum atomic E-state index is 9.78. The Bertz CT molecular complexity index is 299. The zero-order chi connectivity index (χ0) is 10.7. The lowest BCUT2D eigenvalue weighted by Gasteiger charge is -2.36. The number of aliphatic hydroxyl groups excluding tert-OH is 1. The van der Waals surface area contributed by atoms with Crippen LogP contribution in [0.4, 0.5) is 0 Å². The summed E-state index contributed by atoms with van der Waals surface area (Å²) in [5.41, 5.74) is 1.33. The highest BCUT2D eigenvalue weighted by atomic mass is 16.3. The first-order valence-corrected chi connectivity index (χ1v) is 5.73. The maximum absolute atomic E-state index is 9.78. The van der Waals surface area contributed by atoms with Crippen molar-refractivity contribution < 1.29 is 5.11 Å². The van der Waals surface area contributed by atoms with E-state index in [9.17, 15) is 5.11 Å². The number of aliphatic hydroxyl groups is 1. The van der Waals surface area contributed by atoms with Crippen molar-refractivity contribution in [3.63, 3.8) is 0 Å². The Labute approximate surface area is 91.5 Å². The van der Waals surface area contributed by atoms with Crippen molar-refractivity contribution >= 4 is 0 Å². The molecule has 1 saturated heterocycles. The molecule has 2 atom stereocenters. The molecule has 1 aliphatic rings. The summed E-state index contributed by atoms with van der Waals surface area (Å²) >= 11 is 0. The van der Waals surface area contributed by atoms with Crippen molar-refractivity contribution in [2.24, 2.45) is 0 Å². The molecule has 1 aromatic carbocycles. The van der Waals surface area contributed by atoms with Crippen LogP contribution in [-0.2, 0) is 6.54 Å². The van der Waals surface area contributed by atoms with E-state index in [1.54, 1.807) is 0 Å². The van der Waals surface area contributed by atoms with Gasteiger partial charge in [0.05, 0.1) is 6.10 Å². The van der Waals surface area contributed by atoms with E-state index in [-0.39, 0.29) is 6.10 Å². The van der Waals surface area contributed by atoms with Gasteiger partial charge in [0.25, 0.3) is 0 Å². The molecule has 1 aliphatic heterocycles. The number of benzene rings is 1. The lowest BCUT2D eigenvalue weighted by Crippen LogP contribution is -2.45. The molecule has 0 aromatic heterocycles. The normalized spacial score (nSPS) is 27.9. The fourth-order valence-electron chi connectivity index (χ4n) is 2.23. The number of piperidine rings is 1. The monoisotopic (exact) mass is 205 g/mol. The van der Waals surface area contributed by atoms with E-state index < -0.39 is 0 Å². The first kappa shape index (κ1) is 10.7. The summed E-state index contributed by atoms with van der Waals surface area (Å²) in [6.45, 7) is 4.18. The quantitative estimate of drug-likeness (QED) is 0.798. The first-order valence-electron chi connectivity index (χ1n) is 5.73. The molecule has 0 aliphatic carbocycles. The number of nitrogens with zero attached hydrogens (tertiary/aromatic N) is 1. The van der Waals surface area contributed by atoms with Gasteiger partial charge in [0.1, 0.15) is 0 Å². The average molecular weight is 205 g/mol. The third kappa shape index (κ3) is 2.58. The molecule has 0 amide bonds. The van der Waals surface area contributed by atoms with E-state index in [0.717, 1.165) is 25.9 Å². The van der Waals surface area contributed by atoms with Gasteiger partial charge >= 0.3 is 0 Å². The van der Waals surface area contributed by atoms with Crippen LogP contribution in [0.15, 0.2) is 30.3 Å². The van der Waals surface area contributed by atoms with Gasteiger partial charge in [-0.05, 0) is 31.9 Å². The van der Waals surface area contributed by atoms with Gasteiger partial charge in [0.15, 0.2) is 0 Å². The lowest BCUT2D eigenvalue weighted by molar-refractivity contribution is 0.0157. The molecule has 2 rings (SSSR count). The van der Waals surface area contributed by atoms with Gasteiger partial charge in [0.2, 0.25) is 0 Å². The Balaban J connectivity index is 1.99. The van der Waals surface area contributed by atoms with E-state index in [4.69, 9.17) is 0 Å². The SMILES string of the molecule is C[C@@H]1[C@H](O)CCCN1Cc1ccccc1. The molecule has 2 nitrogen and oxygen atoms in total. The Morgan fingerprint density at radius 1 is 1.33 bits per heavy atom. The summed E-state index contributed by atoms with van der Waals surface area (Å²) in [4.78, 5) is 2.36. The zero-order valence-corrected chi connectivity index (χ0v) is 9.26. The number of likely N-dealkylation sites (tertiary alicyclic amines) is 1. The lowest BCUT2D eigenvalue weighted by atomic mass is 9.99. The molecule has 0 unspecified atom stereocenters. The number of hydrogen-bond acceptors (Lipinski definition) is 2. The van der Waals surface area contributed by atoms with Crippen molar-refractivity contribution in [2.75, 3.05) is 6.54 Å². The van der Waals surface area contributed by atoms with E-state index in [1.165, 1.54) is 5.56 Å². The van der Waals surface area contributed by atoms with Crippen LogP contribution in [0, 0.1) is 0 Å². The maximum Gasteiger partial charge on any atom is 0.0693 e. The van der Waals surface area contributed by atoms with Crippen molar-refractivity contribution in [1.82, 2.24) is 4.90 Å². The van der Waals surface area contributed by atoms with Crippen LogP contribution in [0.2, 0.25) is 0 Å². The number of hydrogen-bond donors (Lipinski definition) is 1. The smallest absolute Gasteiger partial charge is 0.0693 e. The molecule has 2 heteroatoms. The van der Waals surface area contributed by atoms with Gasteiger partial charge in [-0.3, -0.25) is 4.90 Å². The average Bonchev–Trinajstić information content (AvgIpc) is 2.26. The molecule has 1 heterocycles. The molecule has 0 saturated carbocycles. The minimum atomic E-state index is -0.150. The van der Waals surface area contributed by atoms with Gasteiger partial charge in [0, 0.05) is 12.6 Å². The third-order valence-electron chi connectivity index (χ3n) is 3.31. The highest BCUT2D eigenvalue weighted by molar-refractivity contribution is 5.14. The van der Waals surface area contributed by atoms with E-state index >= 15 is 0 Å².